The Balaban J connectivity index is 0.000000153. The molecule has 3 aromatic carbocycles. The molecule has 0 saturated carbocycles. The van der Waals surface area contributed by atoms with Gasteiger partial charge in [-0.2, -0.15) is 9.97 Å². The van der Waals surface area contributed by atoms with Gasteiger partial charge in [0.25, 0.3) is 11.1 Å². The molecule has 2 aliphatic rings. The monoisotopic (exact) mass is 696 g/mol. The zero-order valence-corrected chi connectivity index (χ0v) is 30.1. The quantitative estimate of drug-likeness (QED) is 0.218. The van der Waals surface area contributed by atoms with E-state index < -0.39 is 0 Å². The number of aromatic nitrogens is 8. The van der Waals surface area contributed by atoms with Gasteiger partial charge in [0.1, 0.15) is 0 Å². The lowest BCUT2D eigenvalue weighted by molar-refractivity contribution is 0.712. The van der Waals surface area contributed by atoms with Crippen LogP contribution in [0.15, 0.2) is 82.4 Å². The summed E-state index contributed by atoms with van der Waals surface area (Å²) in [5, 5.41) is 10.8. The Kier molecular flexibility index (Phi) is 9.04. The summed E-state index contributed by atoms with van der Waals surface area (Å²) >= 11 is 0. The zero-order chi connectivity index (χ0) is 35.8. The molecule has 52 heavy (non-hydrogen) atoms. The number of aryl methyl sites for hydroxylation is 3. The summed E-state index contributed by atoms with van der Waals surface area (Å²) in [5.74, 6) is 2.96. The van der Waals surface area contributed by atoms with Crippen LogP contribution in [-0.4, -0.2) is 64.5 Å². The second kappa shape index (κ2) is 14.1. The zero-order valence-electron chi connectivity index (χ0n) is 30.1. The Morgan fingerprint density at radius 1 is 0.635 bits per heavy atom. The average Bonchev–Trinajstić information content (AvgIpc) is 3.82. The van der Waals surface area contributed by atoms with E-state index in [9.17, 15) is 9.59 Å². The third kappa shape index (κ3) is 6.33. The van der Waals surface area contributed by atoms with Gasteiger partial charge in [0, 0.05) is 33.2 Å². The molecule has 7 aromatic rings. The fourth-order valence-electron chi connectivity index (χ4n) is 7.42. The lowest BCUT2D eigenvalue weighted by Crippen LogP contribution is -2.26. The Hall–Kier alpha value is -5.78. The van der Waals surface area contributed by atoms with Crippen LogP contribution in [0.1, 0.15) is 55.2 Å². The molecule has 12 heteroatoms. The predicted octanol–water partition coefficient (Wildman–Crippen LogP) is 5.94. The third-order valence-corrected chi connectivity index (χ3v) is 10.1. The molecule has 0 radical (unpaired) electrons. The summed E-state index contributed by atoms with van der Waals surface area (Å²) in [4.78, 5) is 38.3. The van der Waals surface area contributed by atoms with Crippen LogP contribution in [0.25, 0.3) is 39.4 Å². The highest BCUT2D eigenvalue weighted by Gasteiger charge is 2.23. The van der Waals surface area contributed by atoms with Crippen molar-refractivity contribution in [2.45, 2.75) is 58.9 Å². The molecule has 9 rings (SSSR count). The topological polar surface area (TPSA) is 111 Å². The van der Waals surface area contributed by atoms with Gasteiger partial charge in [-0.15, -0.1) is 10.2 Å². The molecular formula is C40H44N10O2. The van der Waals surface area contributed by atoms with Crippen LogP contribution in [0.2, 0.25) is 0 Å². The maximum Gasteiger partial charge on any atom is 0.282 e. The first kappa shape index (κ1) is 33.4. The van der Waals surface area contributed by atoms with Crippen LogP contribution >= 0.6 is 0 Å². The Morgan fingerprint density at radius 2 is 1.23 bits per heavy atom. The minimum absolute atomic E-state index is 0.189. The molecule has 0 spiro atoms. The van der Waals surface area contributed by atoms with Crippen molar-refractivity contribution < 1.29 is 0 Å². The van der Waals surface area contributed by atoms with Gasteiger partial charge >= 0.3 is 0 Å². The van der Waals surface area contributed by atoms with Crippen LogP contribution in [0.5, 0.6) is 0 Å². The lowest BCUT2D eigenvalue weighted by atomic mass is 10.2. The van der Waals surface area contributed by atoms with Crippen molar-refractivity contribution in [3.05, 3.63) is 110 Å². The highest BCUT2D eigenvalue weighted by molar-refractivity contribution is 5.83. The summed E-state index contributed by atoms with van der Waals surface area (Å²) in [6.07, 6.45) is 11.4. The SMILES string of the molecule is Cc1ccc2c(=O)nc3n(C)nc(N4CCCCCC4)n3c2c1.Cc1ccc2c(c1)c(=O)nc1n(C/C=C/c3ccccc3)nc(N3CCCC3)n21. The fourth-order valence-corrected chi connectivity index (χ4v) is 7.42. The molecule has 2 fully saturated rings. The van der Waals surface area contributed by atoms with Crippen LogP contribution in [0.4, 0.5) is 11.9 Å². The van der Waals surface area contributed by atoms with E-state index in [0.717, 1.165) is 78.6 Å². The number of benzene rings is 3. The highest BCUT2D eigenvalue weighted by Crippen LogP contribution is 2.25. The maximum atomic E-state index is 12.7. The molecule has 4 aromatic heterocycles. The van der Waals surface area contributed by atoms with E-state index in [4.69, 9.17) is 5.10 Å². The first-order valence-electron chi connectivity index (χ1n) is 18.3. The van der Waals surface area contributed by atoms with Crippen molar-refractivity contribution in [2.24, 2.45) is 7.05 Å². The molecule has 6 heterocycles. The summed E-state index contributed by atoms with van der Waals surface area (Å²) in [6.45, 7) is 8.55. The smallest absolute Gasteiger partial charge is 0.282 e. The molecule has 12 nitrogen and oxygen atoms in total. The normalized spacial score (nSPS) is 15.3. The maximum absolute atomic E-state index is 12.7. The molecule has 266 valence electrons. The van der Waals surface area contributed by atoms with Gasteiger partial charge in [0.2, 0.25) is 23.5 Å². The van der Waals surface area contributed by atoms with E-state index in [1.807, 2.05) is 82.9 Å². The standard InChI is InChI=1S/C23H23N5O.C17H21N5O/c1-17-11-12-20-19(16-17)21(29)24-22-27(15-7-10-18-8-3-2-4-9-18)25-23(28(20)22)26-13-5-6-14-26;1-12-7-8-13-14(11-12)22-16(18-15(13)23)20(2)19-17(22)21-9-5-3-4-6-10-21/h2-4,7-12,16H,5-6,13-15H2,1H3;7-8,11H,3-6,9-10H2,1-2H3/b10-7+;. The van der Waals surface area contributed by atoms with E-state index >= 15 is 0 Å². The van der Waals surface area contributed by atoms with Gasteiger partial charge < -0.3 is 9.80 Å². The molecule has 0 atom stereocenters. The van der Waals surface area contributed by atoms with Crippen molar-refractivity contribution in [2.75, 3.05) is 36.0 Å². The fraction of sp³-hybridized carbons (Fsp3) is 0.350. The summed E-state index contributed by atoms with van der Waals surface area (Å²) in [5.41, 5.74) is 4.68. The van der Waals surface area contributed by atoms with Gasteiger partial charge in [0.15, 0.2) is 0 Å². The average molecular weight is 697 g/mol. The molecular weight excluding hydrogens is 653 g/mol. The number of hydrogen-bond acceptors (Lipinski definition) is 8. The molecule has 0 N–H and O–H groups in total. The van der Waals surface area contributed by atoms with Crippen molar-refractivity contribution in [1.82, 2.24) is 38.3 Å². The number of hydrogen-bond donors (Lipinski definition) is 0. The minimum Gasteiger partial charge on any atom is -0.341 e. The first-order valence-corrected chi connectivity index (χ1v) is 18.3. The Labute approximate surface area is 301 Å². The highest BCUT2D eigenvalue weighted by atomic mass is 16.1. The number of rotatable bonds is 5. The Bertz CT molecular complexity index is 2550. The predicted molar refractivity (Wildman–Crippen MR) is 208 cm³/mol. The van der Waals surface area contributed by atoms with Gasteiger partial charge in [-0.25, -0.2) is 18.2 Å². The van der Waals surface area contributed by atoms with Crippen molar-refractivity contribution in [1.29, 1.82) is 0 Å². The molecule has 2 saturated heterocycles. The van der Waals surface area contributed by atoms with Gasteiger partial charge in [-0.05, 0) is 74.9 Å². The van der Waals surface area contributed by atoms with E-state index in [1.165, 1.54) is 25.7 Å². The Morgan fingerprint density at radius 3 is 1.96 bits per heavy atom. The number of allylic oxidation sites excluding steroid dienone is 1. The number of nitrogens with zero attached hydrogens (tertiary/aromatic N) is 10. The first-order chi connectivity index (χ1) is 25.4. The van der Waals surface area contributed by atoms with Crippen LogP contribution in [0.3, 0.4) is 0 Å². The van der Waals surface area contributed by atoms with Crippen molar-refractivity contribution >= 4 is 51.3 Å². The van der Waals surface area contributed by atoms with Crippen LogP contribution in [-0.2, 0) is 13.6 Å². The minimum atomic E-state index is -0.204. The number of anilines is 2. The summed E-state index contributed by atoms with van der Waals surface area (Å²) in [6, 6.07) is 22.0. The van der Waals surface area contributed by atoms with E-state index in [-0.39, 0.29) is 11.1 Å². The molecule has 0 unspecified atom stereocenters. The molecule has 0 aliphatic carbocycles. The molecule has 0 bridgehead atoms. The molecule has 0 amide bonds. The van der Waals surface area contributed by atoms with Crippen molar-refractivity contribution in [3.8, 4) is 0 Å². The van der Waals surface area contributed by atoms with Crippen LogP contribution in [0, 0.1) is 13.8 Å². The summed E-state index contributed by atoms with van der Waals surface area (Å²) in [7, 11) is 1.85. The summed E-state index contributed by atoms with van der Waals surface area (Å²) < 4.78 is 7.62. The van der Waals surface area contributed by atoms with Gasteiger partial charge in [-0.3, -0.25) is 9.59 Å². The van der Waals surface area contributed by atoms with E-state index in [0.29, 0.717) is 28.9 Å². The van der Waals surface area contributed by atoms with Crippen LogP contribution < -0.4 is 20.9 Å². The van der Waals surface area contributed by atoms with Crippen molar-refractivity contribution in [3.63, 3.8) is 0 Å². The largest absolute Gasteiger partial charge is 0.341 e. The second-order valence-corrected chi connectivity index (χ2v) is 14.0. The van der Waals surface area contributed by atoms with E-state index in [2.05, 4.69) is 55.2 Å². The third-order valence-electron chi connectivity index (χ3n) is 10.1. The number of fused-ring (bicyclic) bond motifs is 6. The van der Waals surface area contributed by atoms with Gasteiger partial charge in [-0.1, -0.05) is 73.0 Å². The molecule has 2 aliphatic heterocycles. The van der Waals surface area contributed by atoms with Gasteiger partial charge in [0.05, 0.1) is 28.4 Å². The van der Waals surface area contributed by atoms with E-state index in [1.54, 1.807) is 4.68 Å². The second-order valence-electron chi connectivity index (χ2n) is 14.0. The lowest BCUT2D eigenvalue weighted by Gasteiger charge is -2.20.